The number of nitrogens with one attached hydrogen (secondary N) is 1. The van der Waals surface area contributed by atoms with Crippen molar-refractivity contribution in [1.82, 2.24) is 9.62 Å². The van der Waals surface area contributed by atoms with Gasteiger partial charge in [-0.25, -0.2) is 8.42 Å². The van der Waals surface area contributed by atoms with Crippen molar-refractivity contribution in [2.24, 2.45) is 0 Å². The predicted molar refractivity (Wildman–Crippen MR) is 137 cm³/mol. The van der Waals surface area contributed by atoms with Gasteiger partial charge in [-0.2, -0.15) is 4.31 Å². The minimum Gasteiger partial charge on any atom is -0.379 e. The molecule has 1 saturated heterocycles. The van der Waals surface area contributed by atoms with Crippen LogP contribution in [0.1, 0.15) is 29.0 Å². The monoisotopic (exact) mass is 490 g/mol. The number of rotatable bonds is 9. The summed E-state index contributed by atoms with van der Waals surface area (Å²) in [5.41, 5.74) is 3.19. The van der Waals surface area contributed by atoms with E-state index >= 15 is 0 Å². The molecule has 4 rings (SSSR count). The van der Waals surface area contributed by atoms with Gasteiger partial charge in [0, 0.05) is 31.6 Å². The van der Waals surface area contributed by atoms with E-state index in [0.717, 1.165) is 12.0 Å². The number of amides is 1. The van der Waals surface area contributed by atoms with Gasteiger partial charge in [-0.15, -0.1) is 0 Å². The normalized spacial score (nSPS) is 14.9. The maximum Gasteiger partial charge on any atom is 0.243 e. The van der Waals surface area contributed by atoms with Gasteiger partial charge in [0.05, 0.1) is 18.1 Å². The molecule has 1 amide bonds. The van der Waals surface area contributed by atoms with E-state index in [1.165, 1.54) is 21.5 Å². The molecule has 35 heavy (non-hydrogen) atoms. The first-order chi connectivity index (χ1) is 17.0. The molecule has 1 N–H and O–H groups in total. The van der Waals surface area contributed by atoms with Gasteiger partial charge in [0.15, 0.2) is 0 Å². The molecule has 0 radical (unpaired) electrons. The molecule has 1 fully saturated rings. The van der Waals surface area contributed by atoms with Crippen molar-refractivity contribution >= 4 is 22.0 Å². The Balaban J connectivity index is 1.32. The Morgan fingerprint density at radius 3 is 2.03 bits per heavy atom. The zero-order valence-electron chi connectivity index (χ0n) is 19.5. The SMILES string of the molecule is O=C(/C=C\c1ccc(S(=O)(=O)N2CCOCC2)cc1)NCCC(c1ccccc1)c1ccccc1. The van der Waals surface area contributed by atoms with E-state index in [9.17, 15) is 13.2 Å². The quantitative estimate of drug-likeness (QED) is 0.459. The molecule has 182 valence electrons. The lowest BCUT2D eigenvalue weighted by Crippen LogP contribution is -2.40. The van der Waals surface area contributed by atoms with Crippen molar-refractivity contribution in [2.45, 2.75) is 17.2 Å². The third kappa shape index (κ3) is 6.66. The Kier molecular flexibility index (Phi) is 8.47. The first-order valence-electron chi connectivity index (χ1n) is 11.8. The molecule has 0 atom stereocenters. The van der Waals surface area contributed by atoms with E-state index in [2.05, 4.69) is 29.6 Å². The molecule has 0 unspecified atom stereocenters. The standard InChI is InChI=1S/C28H30N2O4S/c31-28(29-18-17-27(24-7-3-1-4-8-24)25-9-5-2-6-10-25)16-13-23-11-14-26(15-12-23)35(32,33)30-19-21-34-22-20-30/h1-16,27H,17-22H2,(H,29,31)/b16-13-. The summed E-state index contributed by atoms with van der Waals surface area (Å²) in [6.45, 7) is 2.08. The molecule has 0 spiro atoms. The molecule has 3 aromatic rings. The molecule has 1 heterocycles. The number of hydrogen-bond donors (Lipinski definition) is 1. The van der Waals surface area contributed by atoms with Gasteiger partial charge in [-0.05, 0) is 41.3 Å². The van der Waals surface area contributed by atoms with E-state index < -0.39 is 10.0 Å². The summed E-state index contributed by atoms with van der Waals surface area (Å²) in [4.78, 5) is 12.6. The first-order valence-corrected chi connectivity index (χ1v) is 13.2. The topological polar surface area (TPSA) is 75.7 Å². The van der Waals surface area contributed by atoms with Crippen LogP contribution in [0.2, 0.25) is 0 Å². The summed E-state index contributed by atoms with van der Waals surface area (Å²) >= 11 is 0. The van der Waals surface area contributed by atoms with Crippen LogP contribution in [0.3, 0.4) is 0 Å². The molecule has 0 aliphatic carbocycles. The van der Waals surface area contributed by atoms with Crippen LogP contribution >= 0.6 is 0 Å². The van der Waals surface area contributed by atoms with Crippen LogP contribution in [0.4, 0.5) is 0 Å². The first kappa shape index (κ1) is 24.9. The van der Waals surface area contributed by atoms with Crippen LogP contribution < -0.4 is 5.32 Å². The third-order valence-electron chi connectivity index (χ3n) is 6.05. The number of morpholine rings is 1. The van der Waals surface area contributed by atoms with Crippen molar-refractivity contribution in [3.05, 3.63) is 108 Å². The summed E-state index contributed by atoms with van der Waals surface area (Å²) in [5.74, 6) is 0.0116. The number of carbonyl (C=O) groups excluding carboxylic acids is 1. The Labute approximate surface area is 207 Å². The molecule has 1 aliphatic rings. The van der Waals surface area contributed by atoms with Crippen molar-refractivity contribution in [2.75, 3.05) is 32.8 Å². The Hall–Kier alpha value is -3.26. The zero-order valence-corrected chi connectivity index (χ0v) is 20.4. The van der Waals surface area contributed by atoms with Gasteiger partial charge in [0.25, 0.3) is 0 Å². The summed E-state index contributed by atoms with van der Waals surface area (Å²) < 4.78 is 32.1. The van der Waals surface area contributed by atoms with E-state index in [1.54, 1.807) is 30.3 Å². The number of carbonyl (C=O) groups is 1. The van der Waals surface area contributed by atoms with Crippen LogP contribution in [0.5, 0.6) is 0 Å². The summed E-state index contributed by atoms with van der Waals surface area (Å²) in [6, 6.07) is 27.2. The number of hydrogen-bond acceptors (Lipinski definition) is 4. The second-order valence-electron chi connectivity index (χ2n) is 8.37. The van der Waals surface area contributed by atoms with E-state index in [1.807, 2.05) is 36.4 Å². The van der Waals surface area contributed by atoms with Gasteiger partial charge in [0.1, 0.15) is 0 Å². The van der Waals surface area contributed by atoms with Crippen molar-refractivity contribution in [3.8, 4) is 0 Å². The maximum absolute atomic E-state index is 12.7. The third-order valence-corrected chi connectivity index (χ3v) is 7.96. The molecule has 7 heteroatoms. The van der Waals surface area contributed by atoms with Crippen molar-refractivity contribution < 1.29 is 17.9 Å². The summed E-state index contributed by atoms with van der Waals surface area (Å²) in [5, 5.41) is 2.96. The number of nitrogens with zero attached hydrogens (tertiary/aromatic N) is 1. The van der Waals surface area contributed by atoms with Crippen molar-refractivity contribution in [1.29, 1.82) is 0 Å². The van der Waals surface area contributed by atoms with Crippen LogP contribution in [0, 0.1) is 0 Å². The molecule has 3 aromatic carbocycles. The lowest BCUT2D eigenvalue weighted by Gasteiger charge is -2.26. The van der Waals surface area contributed by atoms with Gasteiger partial charge >= 0.3 is 0 Å². The van der Waals surface area contributed by atoms with Crippen molar-refractivity contribution in [3.63, 3.8) is 0 Å². The number of sulfonamides is 1. The Morgan fingerprint density at radius 2 is 1.46 bits per heavy atom. The highest BCUT2D eigenvalue weighted by molar-refractivity contribution is 7.89. The van der Waals surface area contributed by atoms with Crippen LogP contribution in [-0.4, -0.2) is 51.5 Å². The molecule has 0 saturated carbocycles. The van der Waals surface area contributed by atoms with Gasteiger partial charge in [-0.3, -0.25) is 4.79 Å². The molecule has 0 aromatic heterocycles. The summed E-state index contributed by atoms with van der Waals surface area (Å²) in [7, 11) is -3.53. The number of benzene rings is 3. The fourth-order valence-corrected chi connectivity index (χ4v) is 5.56. The zero-order chi connectivity index (χ0) is 24.5. The fourth-order valence-electron chi connectivity index (χ4n) is 4.15. The van der Waals surface area contributed by atoms with E-state index in [4.69, 9.17) is 4.74 Å². The molecular weight excluding hydrogens is 460 g/mol. The van der Waals surface area contributed by atoms with Gasteiger partial charge < -0.3 is 10.1 Å². The van der Waals surface area contributed by atoms with Gasteiger partial charge in [-0.1, -0.05) is 72.8 Å². The lowest BCUT2D eigenvalue weighted by atomic mass is 9.88. The predicted octanol–water partition coefficient (Wildman–Crippen LogP) is 4.06. The van der Waals surface area contributed by atoms with Crippen LogP contribution in [0.15, 0.2) is 95.9 Å². The Bertz CT molecular complexity index is 1180. The summed E-state index contributed by atoms with van der Waals surface area (Å²) in [6.07, 6.45) is 3.94. The van der Waals surface area contributed by atoms with E-state index in [-0.39, 0.29) is 16.7 Å². The minimum absolute atomic E-state index is 0.185. The average Bonchev–Trinajstić information content (AvgIpc) is 2.91. The molecule has 1 aliphatic heterocycles. The second-order valence-corrected chi connectivity index (χ2v) is 10.3. The molecule has 0 bridgehead atoms. The lowest BCUT2D eigenvalue weighted by molar-refractivity contribution is -0.116. The fraction of sp³-hybridized carbons (Fsp3) is 0.250. The molecular formula is C28H30N2O4S. The highest BCUT2D eigenvalue weighted by Gasteiger charge is 2.26. The number of ether oxygens (including phenoxy) is 1. The Morgan fingerprint density at radius 1 is 0.886 bits per heavy atom. The largest absolute Gasteiger partial charge is 0.379 e. The highest BCUT2D eigenvalue weighted by Crippen LogP contribution is 2.27. The highest BCUT2D eigenvalue weighted by atomic mass is 32.2. The minimum atomic E-state index is -3.53. The molecule has 6 nitrogen and oxygen atoms in total. The smallest absolute Gasteiger partial charge is 0.243 e. The van der Waals surface area contributed by atoms with Gasteiger partial charge in [0.2, 0.25) is 15.9 Å². The van der Waals surface area contributed by atoms with Crippen LogP contribution in [0.25, 0.3) is 6.08 Å². The van der Waals surface area contributed by atoms with Crippen LogP contribution in [-0.2, 0) is 19.6 Å². The maximum atomic E-state index is 12.7. The second kappa shape index (κ2) is 11.9. The van der Waals surface area contributed by atoms with E-state index in [0.29, 0.717) is 32.8 Å². The average molecular weight is 491 g/mol.